The molecule has 1 aliphatic rings. The highest BCUT2D eigenvalue weighted by Gasteiger charge is 2.36. The summed E-state index contributed by atoms with van der Waals surface area (Å²) in [6.45, 7) is 5.15. The number of carbonyl (C=O) groups excluding carboxylic acids is 1. The predicted molar refractivity (Wildman–Crippen MR) is 70.1 cm³/mol. The maximum absolute atomic E-state index is 12.3. The first-order valence-corrected chi connectivity index (χ1v) is 6.26. The average Bonchev–Trinajstić information content (AvgIpc) is 2.62. The van der Waals surface area contributed by atoms with E-state index < -0.39 is 0 Å². The van der Waals surface area contributed by atoms with Gasteiger partial charge in [-0.3, -0.25) is 4.79 Å². The summed E-state index contributed by atoms with van der Waals surface area (Å²) < 4.78 is 0. The second-order valence-corrected chi connectivity index (χ2v) is 4.74. The third-order valence-electron chi connectivity index (χ3n) is 3.53. The summed E-state index contributed by atoms with van der Waals surface area (Å²) in [7, 11) is 1.84. The second kappa shape index (κ2) is 4.88. The van der Waals surface area contributed by atoms with E-state index in [1.165, 1.54) is 0 Å². The van der Waals surface area contributed by atoms with Gasteiger partial charge < -0.3 is 10.2 Å². The van der Waals surface area contributed by atoms with E-state index >= 15 is 0 Å². The quantitative estimate of drug-likeness (QED) is 0.864. The summed E-state index contributed by atoms with van der Waals surface area (Å²) >= 11 is 0. The predicted octanol–water partition coefficient (Wildman–Crippen LogP) is 2.34. The fraction of sp³-hybridized carbons (Fsp3) is 0.500. The molecule has 2 atom stereocenters. The molecule has 0 saturated heterocycles. The summed E-state index contributed by atoms with van der Waals surface area (Å²) in [6, 6.07) is 7.88. The number of benzene rings is 1. The van der Waals surface area contributed by atoms with Crippen LogP contribution in [0.4, 0.5) is 5.69 Å². The molecule has 1 aliphatic heterocycles. The lowest BCUT2D eigenvalue weighted by Crippen LogP contribution is -2.35. The van der Waals surface area contributed by atoms with E-state index in [0.29, 0.717) is 5.92 Å². The van der Waals surface area contributed by atoms with Gasteiger partial charge in [-0.25, -0.2) is 0 Å². The van der Waals surface area contributed by atoms with Crippen LogP contribution in [0.5, 0.6) is 0 Å². The van der Waals surface area contributed by atoms with Crippen LogP contribution in [0, 0.1) is 5.92 Å². The number of amides is 1. The minimum atomic E-state index is -0.171. The Morgan fingerprint density at radius 2 is 2.12 bits per heavy atom. The van der Waals surface area contributed by atoms with Gasteiger partial charge in [-0.05, 0) is 19.0 Å². The first-order valence-electron chi connectivity index (χ1n) is 6.26. The molecule has 0 fully saturated rings. The number of hydrogen-bond donors (Lipinski definition) is 1. The molecule has 0 spiro atoms. The maximum Gasteiger partial charge on any atom is 0.248 e. The van der Waals surface area contributed by atoms with Crippen molar-refractivity contribution < 1.29 is 4.79 Å². The third-order valence-corrected chi connectivity index (χ3v) is 3.53. The molecule has 92 valence electrons. The summed E-state index contributed by atoms with van der Waals surface area (Å²) in [5.74, 6) is 0.705. The monoisotopic (exact) mass is 232 g/mol. The zero-order chi connectivity index (χ0) is 12.4. The number of hydrogen-bond acceptors (Lipinski definition) is 2. The van der Waals surface area contributed by atoms with Crippen LogP contribution in [0.3, 0.4) is 0 Å². The molecule has 0 aromatic heterocycles. The highest BCUT2D eigenvalue weighted by atomic mass is 16.2. The Bertz CT molecular complexity index is 416. The molecule has 3 heteroatoms. The molecule has 1 amide bonds. The molecule has 0 aliphatic carbocycles. The molecule has 1 heterocycles. The largest absolute Gasteiger partial charge is 0.310 e. The minimum absolute atomic E-state index is 0.171. The number of nitrogens with zero attached hydrogens (tertiary/aromatic N) is 1. The lowest BCUT2D eigenvalue weighted by molar-refractivity contribution is -0.120. The van der Waals surface area contributed by atoms with Gasteiger partial charge in [-0.2, -0.15) is 0 Å². The first kappa shape index (κ1) is 12.1. The first-order chi connectivity index (χ1) is 8.19. The van der Waals surface area contributed by atoms with Gasteiger partial charge >= 0.3 is 0 Å². The number of carbonyl (C=O) groups is 1. The SMILES string of the molecule is CCC(C)CN1C(=O)C(NC)c2ccccc21. The van der Waals surface area contributed by atoms with Gasteiger partial charge in [0, 0.05) is 17.8 Å². The Morgan fingerprint density at radius 1 is 1.41 bits per heavy atom. The van der Waals surface area contributed by atoms with Gasteiger partial charge in [-0.15, -0.1) is 0 Å². The van der Waals surface area contributed by atoms with Crippen LogP contribution >= 0.6 is 0 Å². The molecule has 17 heavy (non-hydrogen) atoms. The van der Waals surface area contributed by atoms with Gasteiger partial charge in [0.1, 0.15) is 6.04 Å². The lowest BCUT2D eigenvalue weighted by atomic mass is 10.1. The topological polar surface area (TPSA) is 32.3 Å². The molecule has 3 nitrogen and oxygen atoms in total. The van der Waals surface area contributed by atoms with Crippen molar-refractivity contribution in [3.05, 3.63) is 29.8 Å². The van der Waals surface area contributed by atoms with E-state index in [1.54, 1.807) is 0 Å². The van der Waals surface area contributed by atoms with Crippen molar-refractivity contribution in [1.82, 2.24) is 5.32 Å². The van der Waals surface area contributed by atoms with Crippen molar-refractivity contribution in [2.45, 2.75) is 26.3 Å². The van der Waals surface area contributed by atoms with Gasteiger partial charge in [0.15, 0.2) is 0 Å². The summed E-state index contributed by atoms with van der Waals surface area (Å²) in [5, 5.41) is 3.10. The molecular weight excluding hydrogens is 212 g/mol. The number of anilines is 1. The molecule has 1 N–H and O–H groups in total. The Labute approximate surface area is 103 Å². The smallest absolute Gasteiger partial charge is 0.248 e. The molecule has 0 saturated carbocycles. The lowest BCUT2D eigenvalue weighted by Gasteiger charge is -2.21. The Morgan fingerprint density at radius 3 is 2.76 bits per heavy atom. The van der Waals surface area contributed by atoms with Crippen LogP contribution in [0.25, 0.3) is 0 Å². The summed E-state index contributed by atoms with van der Waals surface area (Å²) in [6.07, 6.45) is 1.09. The van der Waals surface area contributed by atoms with E-state index in [1.807, 2.05) is 36.2 Å². The van der Waals surface area contributed by atoms with Crippen molar-refractivity contribution >= 4 is 11.6 Å². The fourth-order valence-corrected chi connectivity index (χ4v) is 2.29. The van der Waals surface area contributed by atoms with Crippen molar-refractivity contribution in [3.8, 4) is 0 Å². The van der Waals surface area contributed by atoms with Gasteiger partial charge in [0.05, 0.1) is 0 Å². The standard InChI is InChI=1S/C14H20N2O/c1-4-10(2)9-16-12-8-6-5-7-11(12)13(15-3)14(16)17/h5-8,10,13,15H,4,9H2,1-3H3. The van der Waals surface area contributed by atoms with E-state index in [4.69, 9.17) is 0 Å². The summed E-state index contributed by atoms with van der Waals surface area (Å²) in [4.78, 5) is 14.2. The third kappa shape index (κ3) is 2.07. The summed E-state index contributed by atoms with van der Waals surface area (Å²) in [5.41, 5.74) is 2.17. The van der Waals surface area contributed by atoms with Gasteiger partial charge in [0.25, 0.3) is 0 Å². The number of rotatable bonds is 4. The minimum Gasteiger partial charge on any atom is -0.310 e. The maximum atomic E-state index is 12.3. The molecule has 1 aromatic rings. The van der Waals surface area contributed by atoms with Crippen LogP contribution in [0.15, 0.2) is 24.3 Å². The van der Waals surface area contributed by atoms with E-state index in [-0.39, 0.29) is 11.9 Å². The molecule has 0 bridgehead atoms. The van der Waals surface area contributed by atoms with Crippen LogP contribution in [0.2, 0.25) is 0 Å². The number of para-hydroxylation sites is 1. The molecule has 0 radical (unpaired) electrons. The van der Waals surface area contributed by atoms with Crippen molar-refractivity contribution in [1.29, 1.82) is 0 Å². The normalized spacial score (nSPS) is 20.5. The van der Waals surface area contributed by atoms with E-state index in [0.717, 1.165) is 24.2 Å². The van der Waals surface area contributed by atoms with Crippen molar-refractivity contribution in [3.63, 3.8) is 0 Å². The van der Waals surface area contributed by atoms with Crippen molar-refractivity contribution in [2.75, 3.05) is 18.5 Å². The van der Waals surface area contributed by atoms with E-state index in [2.05, 4.69) is 19.2 Å². The zero-order valence-electron chi connectivity index (χ0n) is 10.7. The van der Waals surface area contributed by atoms with Crippen LogP contribution in [0.1, 0.15) is 31.9 Å². The Balaban J connectivity index is 2.32. The number of fused-ring (bicyclic) bond motifs is 1. The van der Waals surface area contributed by atoms with Crippen LogP contribution in [-0.4, -0.2) is 19.5 Å². The van der Waals surface area contributed by atoms with Crippen molar-refractivity contribution in [2.24, 2.45) is 5.92 Å². The van der Waals surface area contributed by atoms with Crippen LogP contribution in [-0.2, 0) is 4.79 Å². The van der Waals surface area contributed by atoms with E-state index in [9.17, 15) is 4.79 Å². The number of likely N-dealkylation sites (N-methyl/N-ethyl adjacent to an activating group) is 1. The molecular formula is C14H20N2O. The molecule has 2 rings (SSSR count). The van der Waals surface area contributed by atoms with Gasteiger partial charge in [-0.1, -0.05) is 38.5 Å². The molecule has 1 aromatic carbocycles. The highest BCUT2D eigenvalue weighted by Crippen LogP contribution is 2.35. The Kier molecular flexibility index (Phi) is 3.48. The average molecular weight is 232 g/mol. The fourth-order valence-electron chi connectivity index (χ4n) is 2.29. The van der Waals surface area contributed by atoms with Gasteiger partial charge in [0.2, 0.25) is 5.91 Å². The zero-order valence-corrected chi connectivity index (χ0v) is 10.7. The number of nitrogens with one attached hydrogen (secondary N) is 1. The Hall–Kier alpha value is -1.35. The van der Waals surface area contributed by atoms with Crippen LogP contribution < -0.4 is 10.2 Å². The molecule has 2 unspecified atom stereocenters. The second-order valence-electron chi connectivity index (χ2n) is 4.74. The highest BCUT2D eigenvalue weighted by molar-refractivity contribution is 6.04.